The fourth-order valence-corrected chi connectivity index (χ4v) is 4.64. The molecule has 4 aromatic rings. The van der Waals surface area contributed by atoms with E-state index in [1.807, 2.05) is 6.07 Å². The molecule has 0 aliphatic carbocycles. The molecular weight excluding hydrogens is 466 g/mol. The second kappa shape index (κ2) is 8.53. The van der Waals surface area contributed by atoms with Crippen LogP contribution in [-0.4, -0.2) is 33.0 Å². The summed E-state index contributed by atoms with van der Waals surface area (Å²) in [5, 5.41) is 3.48. The molecule has 36 heavy (non-hydrogen) atoms. The zero-order valence-electron chi connectivity index (χ0n) is 19.4. The normalized spacial score (nSPS) is 17.4. The van der Waals surface area contributed by atoms with E-state index in [0.717, 1.165) is 0 Å². The molecule has 0 fully saturated rings. The molecule has 2 aliphatic rings. The first-order valence-electron chi connectivity index (χ1n) is 11.2. The van der Waals surface area contributed by atoms with E-state index in [9.17, 15) is 9.59 Å². The molecular formula is C27H21NO8. The number of para-hydroxylation sites is 1. The Morgan fingerprint density at radius 1 is 0.972 bits per heavy atom. The van der Waals surface area contributed by atoms with Crippen molar-refractivity contribution >= 4 is 22.6 Å². The number of carbonyl (C=O) groups is 1. The third-order valence-electron chi connectivity index (χ3n) is 6.31. The largest absolute Gasteiger partial charge is 0.497 e. The number of fused-ring (bicyclic) bond motifs is 4. The maximum absolute atomic E-state index is 13.6. The summed E-state index contributed by atoms with van der Waals surface area (Å²) in [4.78, 5) is 26.8. The predicted molar refractivity (Wildman–Crippen MR) is 129 cm³/mol. The van der Waals surface area contributed by atoms with Gasteiger partial charge >= 0.3 is 5.63 Å². The zero-order valence-corrected chi connectivity index (χ0v) is 19.4. The molecule has 9 nitrogen and oxygen atoms in total. The van der Waals surface area contributed by atoms with Crippen LogP contribution < -0.4 is 34.6 Å². The van der Waals surface area contributed by atoms with Crippen molar-refractivity contribution in [3.05, 3.63) is 82.2 Å². The molecule has 0 bridgehead atoms. The minimum absolute atomic E-state index is 0.0427. The van der Waals surface area contributed by atoms with Crippen LogP contribution in [0.3, 0.4) is 0 Å². The summed E-state index contributed by atoms with van der Waals surface area (Å²) in [7, 11) is 3.08. The number of anilines is 1. The Morgan fingerprint density at radius 3 is 2.56 bits per heavy atom. The maximum Gasteiger partial charge on any atom is 0.344 e. The smallest absolute Gasteiger partial charge is 0.344 e. The maximum atomic E-state index is 13.6. The van der Waals surface area contributed by atoms with Crippen molar-refractivity contribution in [3.63, 3.8) is 0 Å². The highest BCUT2D eigenvalue weighted by atomic mass is 16.7. The van der Waals surface area contributed by atoms with Crippen molar-refractivity contribution in [2.45, 2.75) is 12.0 Å². The molecule has 6 rings (SSSR count). The molecule has 1 amide bonds. The summed E-state index contributed by atoms with van der Waals surface area (Å²) >= 11 is 0. The Kier molecular flexibility index (Phi) is 5.18. The summed E-state index contributed by atoms with van der Waals surface area (Å²) in [6, 6.07) is 17.4. The molecule has 3 aromatic carbocycles. The SMILES string of the molecule is COc1ccc(NC(=O)[C@@H]2Oc3c(c(=O)oc4ccccc34)[C@H]2c2cc(OC)c3c(c2)OCO3)cc1. The van der Waals surface area contributed by atoms with Crippen LogP contribution in [0.4, 0.5) is 5.69 Å². The van der Waals surface area contributed by atoms with Gasteiger partial charge in [-0.25, -0.2) is 4.79 Å². The Bertz CT molecular complexity index is 1540. The van der Waals surface area contributed by atoms with Crippen molar-refractivity contribution < 1.29 is 32.9 Å². The first kappa shape index (κ1) is 21.8. The van der Waals surface area contributed by atoms with Gasteiger partial charge in [0.2, 0.25) is 12.5 Å². The Morgan fingerprint density at radius 2 is 1.78 bits per heavy atom. The number of benzene rings is 3. The fraction of sp³-hybridized carbons (Fsp3) is 0.185. The highest BCUT2D eigenvalue weighted by Crippen LogP contribution is 2.49. The molecule has 3 heterocycles. The standard InChI is InChI=1S/C27H21NO8/c1-31-16-9-7-15(8-10-16)28-26(29)25-21(14-11-19(32-2)24-20(12-14)33-13-34-24)22-23(36-25)17-5-3-4-6-18(17)35-27(22)30/h3-12,21,25H,13H2,1-2H3,(H,28,29)/t21-,25-/m1/s1. The lowest BCUT2D eigenvalue weighted by atomic mass is 9.87. The third kappa shape index (κ3) is 3.48. The molecule has 9 heteroatoms. The number of rotatable bonds is 5. The molecule has 0 unspecified atom stereocenters. The van der Waals surface area contributed by atoms with Crippen LogP contribution in [-0.2, 0) is 4.79 Å². The molecule has 1 N–H and O–H groups in total. The minimum atomic E-state index is -1.07. The molecule has 1 aromatic heterocycles. The minimum Gasteiger partial charge on any atom is -0.497 e. The van der Waals surface area contributed by atoms with E-state index in [1.54, 1.807) is 61.7 Å². The summed E-state index contributed by atoms with van der Waals surface area (Å²) < 4.78 is 33.6. The highest BCUT2D eigenvalue weighted by Gasteiger charge is 2.45. The number of hydrogen-bond acceptors (Lipinski definition) is 8. The van der Waals surface area contributed by atoms with Gasteiger partial charge in [-0.1, -0.05) is 12.1 Å². The van der Waals surface area contributed by atoms with Gasteiger partial charge in [-0.05, 0) is 54.1 Å². The van der Waals surface area contributed by atoms with Crippen LogP contribution in [0, 0.1) is 0 Å². The number of carbonyl (C=O) groups excluding carboxylic acids is 1. The van der Waals surface area contributed by atoms with E-state index < -0.39 is 23.6 Å². The fourth-order valence-electron chi connectivity index (χ4n) is 4.64. The van der Waals surface area contributed by atoms with Crippen LogP contribution in [0.15, 0.2) is 69.9 Å². The quantitative estimate of drug-likeness (QED) is 0.420. The first-order chi connectivity index (χ1) is 17.6. The van der Waals surface area contributed by atoms with Crippen LogP contribution in [0.1, 0.15) is 17.0 Å². The summed E-state index contributed by atoms with van der Waals surface area (Å²) in [5.41, 5.74) is 1.20. The van der Waals surface area contributed by atoms with Gasteiger partial charge in [0, 0.05) is 5.69 Å². The molecule has 0 spiro atoms. The number of ether oxygens (including phenoxy) is 5. The second-order valence-electron chi connectivity index (χ2n) is 8.32. The Hall–Kier alpha value is -4.66. The van der Waals surface area contributed by atoms with Gasteiger partial charge in [0.1, 0.15) is 17.1 Å². The van der Waals surface area contributed by atoms with E-state index in [2.05, 4.69) is 5.32 Å². The average Bonchev–Trinajstić information content (AvgIpc) is 3.54. The van der Waals surface area contributed by atoms with Gasteiger partial charge in [-0.2, -0.15) is 0 Å². The molecule has 2 aliphatic heterocycles. The van der Waals surface area contributed by atoms with Crippen molar-refractivity contribution in [3.8, 4) is 28.7 Å². The van der Waals surface area contributed by atoms with Crippen molar-refractivity contribution in [2.24, 2.45) is 0 Å². The van der Waals surface area contributed by atoms with Gasteiger partial charge < -0.3 is 33.4 Å². The molecule has 0 radical (unpaired) electrons. The van der Waals surface area contributed by atoms with Gasteiger partial charge in [0.05, 0.1) is 31.1 Å². The number of nitrogens with one attached hydrogen (secondary N) is 1. The summed E-state index contributed by atoms with van der Waals surface area (Å²) in [6.07, 6.45) is -1.07. The Labute approximate surface area is 205 Å². The first-order valence-corrected chi connectivity index (χ1v) is 11.2. The number of methoxy groups -OCH3 is 2. The summed E-state index contributed by atoms with van der Waals surface area (Å²) in [6.45, 7) is 0.0427. The van der Waals surface area contributed by atoms with Gasteiger partial charge in [-0.15, -0.1) is 0 Å². The molecule has 0 saturated heterocycles. The van der Waals surface area contributed by atoms with Crippen molar-refractivity contribution in [2.75, 3.05) is 26.3 Å². The van der Waals surface area contributed by atoms with E-state index >= 15 is 0 Å². The number of amides is 1. The Balaban J connectivity index is 1.48. The van der Waals surface area contributed by atoms with Crippen LogP contribution >= 0.6 is 0 Å². The van der Waals surface area contributed by atoms with E-state index in [-0.39, 0.29) is 12.4 Å². The van der Waals surface area contributed by atoms with Crippen molar-refractivity contribution in [1.29, 1.82) is 0 Å². The molecule has 2 atom stereocenters. The molecule has 0 saturated carbocycles. The lowest BCUT2D eigenvalue weighted by Gasteiger charge is -2.20. The van der Waals surface area contributed by atoms with Gasteiger partial charge in [-0.3, -0.25) is 4.79 Å². The van der Waals surface area contributed by atoms with Crippen molar-refractivity contribution in [1.82, 2.24) is 0 Å². The van der Waals surface area contributed by atoms with Gasteiger partial charge in [0.15, 0.2) is 17.6 Å². The average molecular weight is 487 g/mol. The monoisotopic (exact) mass is 487 g/mol. The van der Waals surface area contributed by atoms with E-state index in [0.29, 0.717) is 51.0 Å². The third-order valence-corrected chi connectivity index (χ3v) is 6.31. The highest BCUT2D eigenvalue weighted by molar-refractivity contribution is 5.97. The van der Waals surface area contributed by atoms with Crippen LogP contribution in [0.2, 0.25) is 0 Å². The topological polar surface area (TPSA) is 105 Å². The van der Waals surface area contributed by atoms with Gasteiger partial charge in [0.25, 0.3) is 5.91 Å². The molecule has 182 valence electrons. The van der Waals surface area contributed by atoms with E-state index in [4.69, 9.17) is 28.1 Å². The van der Waals surface area contributed by atoms with E-state index in [1.165, 1.54) is 7.11 Å². The number of hydrogen-bond donors (Lipinski definition) is 1. The zero-order chi connectivity index (χ0) is 24.8. The second-order valence-corrected chi connectivity index (χ2v) is 8.32. The lowest BCUT2D eigenvalue weighted by molar-refractivity contribution is -0.122. The van der Waals surface area contributed by atoms with Crippen LogP contribution in [0.5, 0.6) is 28.7 Å². The predicted octanol–water partition coefficient (Wildman–Crippen LogP) is 4.07. The van der Waals surface area contributed by atoms with Crippen LogP contribution in [0.25, 0.3) is 11.0 Å². The summed E-state index contributed by atoms with van der Waals surface area (Å²) in [5.74, 6) is 1.10. The lowest BCUT2D eigenvalue weighted by Crippen LogP contribution is -2.35.